The van der Waals surface area contributed by atoms with Crippen LogP contribution in [0, 0.1) is 10.1 Å². The van der Waals surface area contributed by atoms with Gasteiger partial charge in [0.1, 0.15) is 0 Å². The van der Waals surface area contributed by atoms with Crippen molar-refractivity contribution in [2.75, 3.05) is 5.32 Å². The van der Waals surface area contributed by atoms with Crippen molar-refractivity contribution in [1.29, 1.82) is 0 Å². The van der Waals surface area contributed by atoms with E-state index in [4.69, 9.17) is 0 Å². The highest BCUT2D eigenvalue weighted by molar-refractivity contribution is 6.99. The fraction of sp³-hybridized carbons (Fsp3) is 0. The highest BCUT2D eigenvalue weighted by Crippen LogP contribution is 2.15. The highest BCUT2D eigenvalue weighted by atomic mass is 32.1. The largest absolute Gasteiger partial charge is 0.321 e. The molecular formula is C9H6N4O3S. The van der Waals surface area contributed by atoms with E-state index in [-0.39, 0.29) is 11.4 Å². The zero-order chi connectivity index (χ0) is 12.3. The monoisotopic (exact) mass is 250 g/mol. The van der Waals surface area contributed by atoms with E-state index in [0.717, 1.165) is 11.7 Å². The van der Waals surface area contributed by atoms with Gasteiger partial charge in [-0.15, -0.1) is 0 Å². The van der Waals surface area contributed by atoms with Crippen LogP contribution in [0.4, 0.5) is 11.4 Å². The Morgan fingerprint density at radius 2 is 2.06 bits per heavy atom. The van der Waals surface area contributed by atoms with Crippen LogP contribution in [0.1, 0.15) is 10.5 Å². The zero-order valence-corrected chi connectivity index (χ0v) is 9.18. The molecular weight excluding hydrogens is 244 g/mol. The van der Waals surface area contributed by atoms with Crippen LogP contribution in [0.15, 0.2) is 30.5 Å². The fourth-order valence-corrected chi connectivity index (χ4v) is 1.54. The average Bonchev–Trinajstić information content (AvgIpc) is 2.83. The number of hydrogen-bond donors (Lipinski definition) is 1. The van der Waals surface area contributed by atoms with E-state index in [1.165, 1.54) is 30.5 Å². The lowest BCUT2D eigenvalue weighted by molar-refractivity contribution is -0.384. The molecule has 0 aliphatic carbocycles. The van der Waals surface area contributed by atoms with Gasteiger partial charge in [-0.25, -0.2) is 0 Å². The number of nitrogens with one attached hydrogen (secondary N) is 1. The van der Waals surface area contributed by atoms with E-state index in [1.54, 1.807) is 0 Å². The number of aromatic nitrogens is 2. The minimum atomic E-state index is -0.504. The Bertz CT molecular complexity index is 538. The maximum absolute atomic E-state index is 11.6. The number of anilines is 1. The molecule has 0 saturated heterocycles. The summed E-state index contributed by atoms with van der Waals surface area (Å²) in [6.45, 7) is 0. The van der Waals surface area contributed by atoms with Gasteiger partial charge in [0.05, 0.1) is 22.8 Å². The predicted octanol–water partition coefficient (Wildman–Crippen LogP) is 1.70. The minimum Gasteiger partial charge on any atom is -0.321 e. The number of carbonyl (C=O) groups is 1. The molecule has 17 heavy (non-hydrogen) atoms. The summed E-state index contributed by atoms with van der Waals surface area (Å²) < 4.78 is 7.47. The molecule has 0 fully saturated rings. The van der Waals surface area contributed by atoms with Crippen molar-refractivity contribution in [3.05, 3.63) is 46.3 Å². The molecule has 0 unspecified atom stereocenters. The number of non-ortho nitro benzene ring substituents is 1. The Morgan fingerprint density at radius 3 is 2.59 bits per heavy atom. The number of amides is 1. The van der Waals surface area contributed by atoms with Gasteiger partial charge < -0.3 is 5.32 Å². The molecule has 0 radical (unpaired) electrons. The molecule has 1 heterocycles. The molecule has 0 atom stereocenters. The third-order valence-corrected chi connectivity index (χ3v) is 2.41. The lowest BCUT2D eigenvalue weighted by Crippen LogP contribution is -2.11. The molecule has 1 N–H and O–H groups in total. The Morgan fingerprint density at radius 1 is 1.35 bits per heavy atom. The van der Waals surface area contributed by atoms with Gasteiger partial charge in [0.2, 0.25) is 0 Å². The molecule has 0 aliphatic heterocycles. The number of rotatable bonds is 3. The molecule has 1 aromatic carbocycles. The predicted molar refractivity (Wildman–Crippen MR) is 61.0 cm³/mol. The Balaban J connectivity index is 2.09. The van der Waals surface area contributed by atoms with Gasteiger partial charge in [0, 0.05) is 17.8 Å². The van der Waals surface area contributed by atoms with E-state index in [2.05, 4.69) is 14.1 Å². The van der Waals surface area contributed by atoms with Crippen LogP contribution >= 0.6 is 11.7 Å². The van der Waals surface area contributed by atoms with Crippen LogP contribution < -0.4 is 5.32 Å². The average molecular weight is 250 g/mol. The first-order valence-corrected chi connectivity index (χ1v) is 5.23. The third-order valence-electron chi connectivity index (χ3n) is 1.93. The topological polar surface area (TPSA) is 98.0 Å². The summed E-state index contributed by atoms with van der Waals surface area (Å²) in [6.07, 6.45) is 1.35. The van der Waals surface area contributed by atoms with Gasteiger partial charge in [0.15, 0.2) is 5.69 Å². The Kier molecular flexibility index (Phi) is 3.06. The van der Waals surface area contributed by atoms with Crippen molar-refractivity contribution in [3.63, 3.8) is 0 Å². The summed E-state index contributed by atoms with van der Waals surface area (Å²) >= 11 is 0.935. The first-order chi connectivity index (χ1) is 8.16. The molecule has 86 valence electrons. The second kappa shape index (κ2) is 4.66. The number of nitro groups is 1. The normalized spacial score (nSPS) is 9.88. The van der Waals surface area contributed by atoms with E-state index in [1.807, 2.05) is 0 Å². The number of nitro benzene ring substituents is 1. The second-order valence-electron chi connectivity index (χ2n) is 3.05. The first kappa shape index (κ1) is 11.1. The van der Waals surface area contributed by atoms with E-state index in [0.29, 0.717) is 5.69 Å². The summed E-state index contributed by atoms with van der Waals surface area (Å²) in [5.41, 5.74) is 0.653. The van der Waals surface area contributed by atoms with Crippen LogP contribution in [0.2, 0.25) is 0 Å². The number of hydrogen-bond acceptors (Lipinski definition) is 6. The third kappa shape index (κ3) is 2.61. The zero-order valence-electron chi connectivity index (χ0n) is 8.36. The van der Waals surface area contributed by atoms with Crippen LogP contribution in [-0.2, 0) is 0 Å². The summed E-state index contributed by atoms with van der Waals surface area (Å²) in [4.78, 5) is 21.5. The van der Waals surface area contributed by atoms with Crippen LogP contribution in [-0.4, -0.2) is 19.6 Å². The fourth-order valence-electron chi connectivity index (χ4n) is 1.13. The first-order valence-electron chi connectivity index (χ1n) is 4.50. The lowest BCUT2D eigenvalue weighted by atomic mass is 10.3. The molecule has 2 aromatic rings. The molecule has 1 amide bonds. The van der Waals surface area contributed by atoms with Gasteiger partial charge in [-0.2, -0.15) is 8.75 Å². The maximum atomic E-state index is 11.6. The van der Waals surface area contributed by atoms with Gasteiger partial charge in [-0.05, 0) is 12.1 Å². The van der Waals surface area contributed by atoms with Crippen LogP contribution in [0.25, 0.3) is 0 Å². The Labute approximate surface area is 99.6 Å². The van der Waals surface area contributed by atoms with Crippen molar-refractivity contribution in [2.45, 2.75) is 0 Å². The van der Waals surface area contributed by atoms with Crippen molar-refractivity contribution >= 4 is 29.0 Å². The van der Waals surface area contributed by atoms with Crippen molar-refractivity contribution in [2.24, 2.45) is 0 Å². The van der Waals surface area contributed by atoms with Gasteiger partial charge >= 0.3 is 0 Å². The molecule has 0 saturated carbocycles. The molecule has 8 heteroatoms. The molecule has 0 aliphatic rings. The van der Waals surface area contributed by atoms with Gasteiger partial charge in [-0.3, -0.25) is 14.9 Å². The quantitative estimate of drug-likeness (QED) is 0.660. The molecule has 7 nitrogen and oxygen atoms in total. The standard InChI is InChI=1S/C9H6N4O3S/c14-9(8-5-10-17-12-8)11-6-1-3-7(4-2-6)13(15)16/h1-5H,(H,11,14). The minimum absolute atomic E-state index is 0.0293. The van der Waals surface area contributed by atoms with Crippen molar-refractivity contribution in [1.82, 2.24) is 8.75 Å². The maximum Gasteiger partial charge on any atom is 0.277 e. The molecule has 0 bridgehead atoms. The number of nitrogens with zero attached hydrogens (tertiary/aromatic N) is 3. The SMILES string of the molecule is O=C(Nc1ccc([N+](=O)[O-])cc1)c1cnsn1. The highest BCUT2D eigenvalue weighted by Gasteiger charge is 2.10. The summed E-state index contributed by atoms with van der Waals surface area (Å²) in [7, 11) is 0. The molecule has 1 aromatic heterocycles. The van der Waals surface area contributed by atoms with E-state index < -0.39 is 10.8 Å². The van der Waals surface area contributed by atoms with Crippen LogP contribution in [0.5, 0.6) is 0 Å². The summed E-state index contributed by atoms with van der Waals surface area (Å²) in [6, 6.07) is 5.54. The number of carbonyl (C=O) groups excluding carboxylic acids is 1. The van der Waals surface area contributed by atoms with E-state index in [9.17, 15) is 14.9 Å². The second-order valence-corrected chi connectivity index (χ2v) is 3.61. The van der Waals surface area contributed by atoms with Crippen LogP contribution in [0.3, 0.4) is 0 Å². The molecule has 0 spiro atoms. The van der Waals surface area contributed by atoms with Crippen molar-refractivity contribution in [3.8, 4) is 0 Å². The lowest BCUT2D eigenvalue weighted by Gasteiger charge is -2.01. The summed E-state index contributed by atoms with van der Waals surface area (Å²) in [5, 5.41) is 13.0. The smallest absolute Gasteiger partial charge is 0.277 e. The number of benzene rings is 1. The summed E-state index contributed by atoms with van der Waals surface area (Å²) in [5.74, 6) is -0.396. The van der Waals surface area contributed by atoms with Gasteiger partial charge in [0.25, 0.3) is 11.6 Å². The van der Waals surface area contributed by atoms with Gasteiger partial charge in [-0.1, -0.05) is 0 Å². The van der Waals surface area contributed by atoms with Crippen molar-refractivity contribution < 1.29 is 9.72 Å². The molecule has 2 rings (SSSR count). The Hall–Kier alpha value is -2.35. The van der Waals surface area contributed by atoms with E-state index >= 15 is 0 Å².